The van der Waals surface area contributed by atoms with E-state index in [0.29, 0.717) is 30.2 Å². The van der Waals surface area contributed by atoms with Crippen molar-refractivity contribution in [3.05, 3.63) is 119 Å². The number of carbonyl (C=O) groups excluding carboxylic acids is 2. The van der Waals surface area contributed by atoms with Crippen LogP contribution < -0.4 is 24.2 Å². The Morgan fingerprint density at radius 1 is 0.739 bits per heavy atom. The summed E-state index contributed by atoms with van der Waals surface area (Å²) in [6.07, 6.45) is 3.23. The molecule has 0 aromatic heterocycles. The van der Waals surface area contributed by atoms with Crippen molar-refractivity contribution in [1.29, 1.82) is 0 Å². The third kappa shape index (κ3) is 12.1. The molecule has 0 saturated carbocycles. The summed E-state index contributed by atoms with van der Waals surface area (Å²) in [5, 5.41) is 24.3. The molecule has 15 nitrogen and oxygen atoms in total. The molecule has 0 bridgehead atoms. The average molecular weight is 980 g/mol. The first-order chi connectivity index (χ1) is 32.6. The van der Waals surface area contributed by atoms with E-state index in [1.807, 2.05) is 0 Å². The highest BCUT2D eigenvalue weighted by molar-refractivity contribution is 7.92. The summed E-state index contributed by atoms with van der Waals surface area (Å²) in [7, 11) is -8.13. The zero-order valence-corrected chi connectivity index (χ0v) is 42.2. The number of azo groups is 1. The number of unbranched alkanes of at least 4 members (excludes halogenated alkanes) is 1. The van der Waals surface area contributed by atoms with Crippen molar-refractivity contribution in [2.45, 2.75) is 96.8 Å². The van der Waals surface area contributed by atoms with Crippen LogP contribution in [-0.4, -0.2) is 60.0 Å². The predicted octanol–water partition coefficient (Wildman–Crippen LogP) is 12.1. The topological polar surface area (TPSA) is 211 Å². The third-order valence-corrected chi connectivity index (χ3v) is 14.3. The van der Waals surface area contributed by atoms with E-state index in [-0.39, 0.29) is 85.0 Å². The first kappa shape index (κ1) is 51.7. The fraction of sp³-hybridized carbons (Fsp3) is 0.346. The predicted molar refractivity (Wildman–Crippen MR) is 272 cm³/mol. The molecule has 0 atom stereocenters. The van der Waals surface area contributed by atoms with Crippen LogP contribution in [0.25, 0.3) is 21.5 Å². The fourth-order valence-corrected chi connectivity index (χ4v) is 9.48. The van der Waals surface area contributed by atoms with E-state index >= 15 is 0 Å². The van der Waals surface area contributed by atoms with Gasteiger partial charge in [0.15, 0.2) is 0 Å². The lowest BCUT2D eigenvalue weighted by molar-refractivity contribution is 0.0948. The Hall–Kier alpha value is -6.72. The van der Waals surface area contributed by atoms with Crippen LogP contribution in [0.2, 0.25) is 0 Å². The molecule has 0 saturated heterocycles. The van der Waals surface area contributed by atoms with Crippen molar-refractivity contribution in [2.24, 2.45) is 10.2 Å². The molecule has 6 aromatic carbocycles. The third-order valence-electron chi connectivity index (χ3n) is 12.4. The summed E-state index contributed by atoms with van der Waals surface area (Å²) < 4.78 is 74.7. The number of anilines is 2. The summed E-state index contributed by atoms with van der Waals surface area (Å²) >= 11 is 0. The van der Waals surface area contributed by atoms with Crippen LogP contribution in [0, 0.1) is 6.92 Å². The largest absolute Gasteiger partial charge is 0.513 e. The molecule has 17 heteroatoms. The summed E-state index contributed by atoms with van der Waals surface area (Å²) in [5.41, 5.74) is 3.08. The van der Waals surface area contributed by atoms with Gasteiger partial charge in [-0.25, -0.2) is 21.6 Å². The van der Waals surface area contributed by atoms with Crippen molar-refractivity contribution in [1.82, 2.24) is 5.32 Å². The smallest absolute Gasteiger partial charge is 0.506 e. The molecule has 4 N–H and O–H groups in total. The van der Waals surface area contributed by atoms with Gasteiger partial charge in [-0.15, -0.1) is 5.11 Å². The van der Waals surface area contributed by atoms with E-state index < -0.39 is 32.1 Å². The lowest BCUT2D eigenvalue weighted by Gasteiger charge is -2.30. The number of benzene rings is 6. The van der Waals surface area contributed by atoms with Gasteiger partial charge >= 0.3 is 6.16 Å². The maximum absolute atomic E-state index is 14.2. The molecule has 0 aliphatic heterocycles. The monoisotopic (exact) mass is 979 g/mol. The van der Waals surface area contributed by atoms with Crippen molar-refractivity contribution in [3.8, 4) is 17.2 Å². The molecule has 0 aliphatic carbocycles. The molecule has 0 fully saturated rings. The second kappa shape index (κ2) is 21.3. The molecule has 1 amide bonds. The van der Waals surface area contributed by atoms with E-state index in [4.69, 9.17) is 14.2 Å². The number of amides is 1. The Labute approximate surface area is 404 Å². The number of hydrogen-bond acceptors (Lipinski definition) is 12. The second-order valence-corrected chi connectivity index (χ2v) is 21.5. The molecule has 0 unspecified atom stereocenters. The van der Waals surface area contributed by atoms with Gasteiger partial charge in [-0.2, -0.15) is 5.11 Å². The number of fused-ring (bicyclic) bond motifs is 2. The Kier molecular flexibility index (Phi) is 15.9. The van der Waals surface area contributed by atoms with Gasteiger partial charge in [0.1, 0.15) is 17.2 Å². The molecule has 0 heterocycles. The lowest BCUT2D eigenvalue weighted by atomic mass is 9.76. The normalized spacial score (nSPS) is 12.3. The Bertz CT molecular complexity index is 3150. The second-order valence-electron chi connectivity index (χ2n) is 18.0. The number of aromatic hydroxyl groups is 1. The van der Waals surface area contributed by atoms with Crippen LogP contribution in [0.1, 0.15) is 101 Å². The van der Waals surface area contributed by atoms with E-state index in [2.05, 4.69) is 84.7 Å². The zero-order chi connectivity index (χ0) is 50.3. The van der Waals surface area contributed by atoms with Gasteiger partial charge in [-0.05, 0) is 104 Å². The molecule has 6 aromatic rings. The van der Waals surface area contributed by atoms with Gasteiger partial charge in [0.25, 0.3) is 15.9 Å². The summed E-state index contributed by atoms with van der Waals surface area (Å²) in [6.45, 7) is 17.3. The van der Waals surface area contributed by atoms with Crippen LogP contribution in [0.5, 0.6) is 17.2 Å². The first-order valence-corrected chi connectivity index (χ1v) is 26.2. The molecule has 6 rings (SSSR count). The van der Waals surface area contributed by atoms with Crippen LogP contribution in [0.3, 0.4) is 0 Å². The van der Waals surface area contributed by atoms with Crippen LogP contribution in [0.15, 0.2) is 112 Å². The van der Waals surface area contributed by atoms with E-state index in [9.17, 15) is 31.5 Å². The van der Waals surface area contributed by atoms with Gasteiger partial charge in [-0.3, -0.25) is 14.2 Å². The van der Waals surface area contributed by atoms with Crippen molar-refractivity contribution < 1.29 is 45.7 Å². The van der Waals surface area contributed by atoms with Crippen molar-refractivity contribution >= 4 is 76.4 Å². The van der Waals surface area contributed by atoms with Crippen molar-refractivity contribution in [3.63, 3.8) is 0 Å². The molecule has 0 spiro atoms. The number of rotatable bonds is 20. The Morgan fingerprint density at radius 3 is 2.12 bits per heavy atom. The quantitative estimate of drug-likeness (QED) is 0.0187. The number of phenolic OH excluding ortho intramolecular Hbond substituents is 1. The van der Waals surface area contributed by atoms with E-state index in [1.54, 1.807) is 50.2 Å². The minimum Gasteiger partial charge on any atom is -0.506 e. The number of nitrogens with zero attached hydrogens (tertiary/aromatic N) is 2. The maximum Gasteiger partial charge on any atom is 0.513 e. The maximum atomic E-state index is 14.2. The van der Waals surface area contributed by atoms with Gasteiger partial charge in [-0.1, -0.05) is 96.1 Å². The number of sulfonamides is 2. The molecule has 69 heavy (non-hydrogen) atoms. The SMILES string of the molecule is CCOC(=O)Oc1ccc(/N=N/c2cccc(S(=O)(=O)Nc3c(C)c(C(=O)NCCCCOc4ccc(C(C)(C)CC)cc4C(C)(C)CC)c(O)c4ccccc34)c2)c2c(NS(C)(=O)=O)cccc12. The van der Waals surface area contributed by atoms with Crippen LogP contribution in [-0.2, 0) is 35.6 Å². The van der Waals surface area contributed by atoms with Gasteiger partial charge in [0.05, 0.1) is 52.7 Å². The molecule has 0 aliphatic rings. The average Bonchev–Trinajstić information content (AvgIpc) is 3.31. The Morgan fingerprint density at radius 2 is 1.42 bits per heavy atom. The molecular weight excluding hydrogens is 919 g/mol. The van der Waals surface area contributed by atoms with Crippen molar-refractivity contribution in [2.75, 3.05) is 35.5 Å². The standard InChI is InChI=1S/C52H61N5O10S2/c1-10-51(5,6)34-25-27-44(40(31-34)52(7,8)11-2)66-30-16-15-29-53-49(59)45-33(4)47(37-21-13-14-22-38(37)48(45)58)57-69(63,64)36-20-17-19-35(32-36)54-55-41-26-28-43(67-50(60)65-12-3)39-23-18-24-42(46(39)41)56-68(9,61)62/h13-14,17-28,31-32,56-58H,10-12,15-16,29-30H2,1-9H3,(H,53,59)/b55-54+. The highest BCUT2D eigenvalue weighted by Gasteiger charge is 2.28. The summed E-state index contributed by atoms with van der Waals surface area (Å²) in [4.78, 5) is 25.9. The number of ether oxygens (including phenoxy) is 3. The Balaban J connectivity index is 1.21. The zero-order valence-electron chi connectivity index (χ0n) is 40.5. The first-order valence-electron chi connectivity index (χ1n) is 22.8. The number of hydrogen-bond donors (Lipinski definition) is 4. The minimum absolute atomic E-state index is 0.0363. The van der Waals surface area contributed by atoms with Crippen LogP contribution in [0.4, 0.5) is 27.5 Å². The molecular formula is C52H61N5O10S2. The number of nitrogens with one attached hydrogen (secondary N) is 3. The lowest BCUT2D eigenvalue weighted by Crippen LogP contribution is -2.26. The minimum atomic E-state index is -4.36. The summed E-state index contributed by atoms with van der Waals surface area (Å²) in [6, 6.07) is 26.4. The summed E-state index contributed by atoms with van der Waals surface area (Å²) in [5.74, 6) is 0.0853. The van der Waals surface area contributed by atoms with E-state index in [0.717, 1.165) is 24.8 Å². The number of carbonyl (C=O) groups is 2. The number of phenols is 1. The highest BCUT2D eigenvalue weighted by Crippen LogP contribution is 2.42. The van der Waals surface area contributed by atoms with Gasteiger partial charge < -0.3 is 24.6 Å². The molecule has 366 valence electrons. The fourth-order valence-electron chi connectivity index (χ4n) is 7.73. The van der Waals surface area contributed by atoms with Gasteiger partial charge in [0.2, 0.25) is 10.0 Å². The highest BCUT2D eigenvalue weighted by atomic mass is 32.2. The molecule has 0 radical (unpaired) electrons. The van der Waals surface area contributed by atoms with Crippen LogP contribution >= 0.6 is 0 Å². The van der Waals surface area contributed by atoms with Gasteiger partial charge in [0, 0.05) is 33.7 Å². The van der Waals surface area contributed by atoms with E-state index in [1.165, 1.54) is 53.6 Å².